The lowest BCUT2D eigenvalue weighted by molar-refractivity contribution is 0.622. The minimum Gasteiger partial charge on any atom is -0.356 e. The van der Waals surface area contributed by atoms with Gasteiger partial charge in [-0.1, -0.05) is 12.1 Å². The van der Waals surface area contributed by atoms with Crippen molar-refractivity contribution < 1.29 is 4.39 Å². The average Bonchev–Trinajstić information content (AvgIpc) is 3.03. The molecule has 126 valence electrons. The second-order valence-corrected chi connectivity index (χ2v) is 4.96. The van der Waals surface area contributed by atoms with Gasteiger partial charge in [0.25, 0.3) is 0 Å². The van der Waals surface area contributed by atoms with Crippen molar-refractivity contribution in [2.75, 3.05) is 20.1 Å². The highest BCUT2D eigenvalue weighted by Crippen LogP contribution is 2.03. The highest BCUT2D eigenvalue weighted by molar-refractivity contribution is 14.0. The first kappa shape index (κ1) is 19.4. The van der Waals surface area contributed by atoms with Crippen LogP contribution in [0, 0.1) is 5.82 Å². The second kappa shape index (κ2) is 11.0. The number of hydrogen-bond acceptors (Lipinski definition) is 2. The quantitative estimate of drug-likeness (QED) is 0.307. The zero-order valence-electron chi connectivity index (χ0n) is 13.2. The molecular weight excluding hydrogens is 408 g/mol. The summed E-state index contributed by atoms with van der Waals surface area (Å²) in [5.41, 5.74) is 0.975. The van der Waals surface area contributed by atoms with Crippen LogP contribution in [0.15, 0.2) is 48.0 Å². The predicted molar refractivity (Wildman–Crippen MR) is 102 cm³/mol. The first-order valence-corrected chi connectivity index (χ1v) is 7.42. The summed E-state index contributed by atoms with van der Waals surface area (Å²) in [6, 6.07) is 6.67. The lowest BCUT2D eigenvalue weighted by Gasteiger charge is -2.12. The van der Waals surface area contributed by atoms with Crippen LogP contribution in [0.5, 0.6) is 0 Å². The first-order valence-electron chi connectivity index (χ1n) is 7.42. The normalized spacial score (nSPS) is 11.0. The summed E-state index contributed by atoms with van der Waals surface area (Å²) in [5.74, 6) is 0.571. The van der Waals surface area contributed by atoms with Crippen molar-refractivity contribution in [2.24, 2.45) is 4.99 Å². The monoisotopic (exact) mass is 431 g/mol. The van der Waals surface area contributed by atoms with Crippen LogP contribution >= 0.6 is 24.0 Å². The molecule has 0 aliphatic carbocycles. The number of hydrogen-bond donors (Lipinski definition) is 2. The van der Waals surface area contributed by atoms with Gasteiger partial charge < -0.3 is 15.2 Å². The van der Waals surface area contributed by atoms with Crippen molar-refractivity contribution in [3.8, 4) is 0 Å². The molecule has 2 N–H and O–H groups in total. The Morgan fingerprint density at radius 1 is 1.30 bits per heavy atom. The van der Waals surface area contributed by atoms with Gasteiger partial charge >= 0.3 is 0 Å². The molecular formula is C16H23FIN5. The summed E-state index contributed by atoms with van der Waals surface area (Å²) in [4.78, 5) is 8.18. The second-order valence-electron chi connectivity index (χ2n) is 4.96. The van der Waals surface area contributed by atoms with Crippen molar-refractivity contribution >= 4 is 29.9 Å². The molecule has 23 heavy (non-hydrogen) atoms. The molecule has 0 atom stereocenters. The van der Waals surface area contributed by atoms with E-state index < -0.39 is 0 Å². The van der Waals surface area contributed by atoms with E-state index >= 15 is 0 Å². The smallest absolute Gasteiger partial charge is 0.190 e. The third kappa shape index (κ3) is 7.45. The van der Waals surface area contributed by atoms with Gasteiger partial charge in [-0.3, -0.25) is 4.99 Å². The van der Waals surface area contributed by atoms with Crippen molar-refractivity contribution in [3.05, 3.63) is 54.4 Å². The Labute approximate surface area is 153 Å². The number of nitrogens with zero attached hydrogens (tertiary/aromatic N) is 3. The van der Waals surface area contributed by atoms with Gasteiger partial charge in [-0.15, -0.1) is 24.0 Å². The zero-order valence-corrected chi connectivity index (χ0v) is 15.5. The van der Waals surface area contributed by atoms with Gasteiger partial charge in [-0.25, -0.2) is 9.37 Å². The maximum Gasteiger partial charge on any atom is 0.190 e. The van der Waals surface area contributed by atoms with E-state index in [9.17, 15) is 4.39 Å². The molecule has 2 aromatic rings. The number of imidazole rings is 1. The SMILES string of the molecule is CN=C(NCCCn1ccnc1)NCCc1cccc(F)c1.I. The number of aliphatic imine (C=N–C) groups is 1. The molecule has 0 aliphatic rings. The van der Waals surface area contributed by atoms with Gasteiger partial charge in [-0.2, -0.15) is 0 Å². The number of benzene rings is 1. The lowest BCUT2D eigenvalue weighted by Crippen LogP contribution is -2.38. The Balaban J connectivity index is 0.00000264. The number of aryl methyl sites for hydroxylation is 1. The minimum atomic E-state index is -0.195. The lowest BCUT2D eigenvalue weighted by atomic mass is 10.1. The van der Waals surface area contributed by atoms with Gasteiger partial charge in [0.1, 0.15) is 5.82 Å². The highest BCUT2D eigenvalue weighted by atomic mass is 127. The molecule has 2 rings (SSSR count). The fraction of sp³-hybridized carbons (Fsp3) is 0.375. The number of aromatic nitrogens is 2. The number of guanidine groups is 1. The fourth-order valence-corrected chi connectivity index (χ4v) is 2.13. The Morgan fingerprint density at radius 3 is 2.83 bits per heavy atom. The van der Waals surface area contributed by atoms with E-state index in [1.807, 2.05) is 23.2 Å². The molecule has 0 radical (unpaired) electrons. The van der Waals surface area contributed by atoms with Gasteiger partial charge in [0.2, 0.25) is 0 Å². The molecule has 1 heterocycles. The molecule has 0 amide bonds. The van der Waals surface area contributed by atoms with Crippen LogP contribution in [0.1, 0.15) is 12.0 Å². The standard InChI is InChI=1S/C16H22FN5.HI/c1-18-16(20-7-3-10-22-11-9-19-13-22)21-8-6-14-4-2-5-15(17)12-14;/h2,4-5,9,11-13H,3,6-8,10H2,1H3,(H2,18,20,21);1H. The van der Waals surface area contributed by atoms with Crippen LogP contribution in [0.4, 0.5) is 4.39 Å². The highest BCUT2D eigenvalue weighted by Gasteiger charge is 1.99. The third-order valence-corrected chi connectivity index (χ3v) is 3.26. The topological polar surface area (TPSA) is 54.2 Å². The molecule has 5 nitrogen and oxygen atoms in total. The molecule has 1 aromatic heterocycles. The summed E-state index contributed by atoms with van der Waals surface area (Å²) < 4.78 is 15.1. The Morgan fingerprint density at radius 2 is 2.13 bits per heavy atom. The van der Waals surface area contributed by atoms with Crippen LogP contribution in [-0.4, -0.2) is 35.6 Å². The molecule has 0 saturated heterocycles. The summed E-state index contributed by atoms with van der Waals surface area (Å²) in [7, 11) is 1.74. The minimum absolute atomic E-state index is 0. The van der Waals surface area contributed by atoms with Crippen molar-refractivity contribution in [1.29, 1.82) is 0 Å². The zero-order chi connectivity index (χ0) is 15.6. The molecule has 1 aromatic carbocycles. The van der Waals surface area contributed by atoms with Crippen molar-refractivity contribution in [1.82, 2.24) is 20.2 Å². The molecule has 0 bridgehead atoms. The van der Waals surface area contributed by atoms with Gasteiger partial charge in [0.15, 0.2) is 5.96 Å². The van der Waals surface area contributed by atoms with Crippen LogP contribution in [0.3, 0.4) is 0 Å². The Bertz CT molecular complexity index is 586. The van der Waals surface area contributed by atoms with E-state index in [1.54, 1.807) is 25.4 Å². The largest absolute Gasteiger partial charge is 0.356 e. The van der Waals surface area contributed by atoms with E-state index in [0.29, 0.717) is 6.54 Å². The van der Waals surface area contributed by atoms with Crippen molar-refractivity contribution in [2.45, 2.75) is 19.4 Å². The van der Waals surface area contributed by atoms with Gasteiger partial charge in [0, 0.05) is 39.1 Å². The molecule has 0 aliphatic heterocycles. The third-order valence-electron chi connectivity index (χ3n) is 3.26. The van der Waals surface area contributed by atoms with Crippen LogP contribution in [-0.2, 0) is 13.0 Å². The van der Waals surface area contributed by atoms with Gasteiger partial charge in [0.05, 0.1) is 6.33 Å². The maximum atomic E-state index is 13.1. The van der Waals surface area contributed by atoms with E-state index in [4.69, 9.17) is 0 Å². The molecule has 0 saturated carbocycles. The Kier molecular flexibility index (Phi) is 9.27. The van der Waals surface area contributed by atoms with Crippen LogP contribution in [0.2, 0.25) is 0 Å². The first-order chi connectivity index (χ1) is 10.8. The van der Waals surface area contributed by atoms with Crippen LogP contribution in [0.25, 0.3) is 0 Å². The molecule has 0 fully saturated rings. The Hall–Kier alpha value is -1.64. The van der Waals surface area contributed by atoms with Gasteiger partial charge in [-0.05, 0) is 30.5 Å². The molecule has 7 heteroatoms. The predicted octanol–water partition coefficient (Wildman–Crippen LogP) is 2.44. The summed E-state index contributed by atoms with van der Waals surface area (Å²) in [5, 5.41) is 6.49. The van der Waals surface area contributed by atoms with E-state index in [-0.39, 0.29) is 29.8 Å². The fourth-order valence-electron chi connectivity index (χ4n) is 2.13. The van der Waals surface area contributed by atoms with E-state index in [2.05, 4.69) is 20.6 Å². The molecule has 0 unspecified atom stereocenters. The number of rotatable bonds is 7. The van der Waals surface area contributed by atoms with Crippen molar-refractivity contribution in [3.63, 3.8) is 0 Å². The molecule has 0 spiro atoms. The average molecular weight is 431 g/mol. The summed E-state index contributed by atoms with van der Waals surface area (Å²) in [6.07, 6.45) is 7.28. The van der Waals surface area contributed by atoms with Crippen LogP contribution < -0.4 is 10.6 Å². The van der Waals surface area contributed by atoms with E-state index in [0.717, 1.165) is 37.5 Å². The maximum absolute atomic E-state index is 13.1. The number of nitrogens with one attached hydrogen (secondary N) is 2. The summed E-state index contributed by atoms with van der Waals surface area (Å²) in [6.45, 7) is 2.47. The summed E-state index contributed by atoms with van der Waals surface area (Å²) >= 11 is 0. The number of halogens is 2. The van der Waals surface area contributed by atoms with E-state index in [1.165, 1.54) is 6.07 Å².